The Bertz CT molecular complexity index is 3460. The Labute approximate surface area is 490 Å². The molecule has 0 aliphatic carbocycles. The molecule has 6 aromatic rings. The Morgan fingerprint density at radius 2 is 1.76 bits per heavy atom. The number of rotatable bonds is 18. The first-order chi connectivity index (χ1) is 39.5. The number of nitrogens with zero attached hydrogens (tertiary/aromatic N) is 9. The molecule has 83 heavy (non-hydrogen) atoms. The van der Waals surface area contributed by atoms with Crippen molar-refractivity contribution in [1.29, 1.82) is 5.26 Å². The quantitative estimate of drug-likeness (QED) is 0.0600. The zero-order valence-electron chi connectivity index (χ0n) is 47.5. The molecule has 9 rings (SSSR count). The number of piperidine rings is 1. The predicted molar refractivity (Wildman–Crippen MR) is 316 cm³/mol. The SMILES string of the molecule is C=CC(=O)N1CCN(c2nc(OCCN3CCC(F)(CN(C)CC(=O)N[C@H](C(=O)N4C[C@H](O)C[C@H]4C(=O)N[C@@H](C)c4ccc(-c5scnc5C)cc4)C(C)(C)C)CC3)nc3c(F)c(-c4cc(O)cc5ccccc45)c(Cl)cc23)C[C@@H]1CC#N. The smallest absolute Gasteiger partial charge is 0.319 e. The number of halogens is 3. The maximum atomic E-state index is 17.3. The first kappa shape index (κ1) is 60.2. The number of carbonyl (C=O) groups is 4. The summed E-state index contributed by atoms with van der Waals surface area (Å²) in [6, 6.07) is 18.7. The molecule has 0 radical (unpaired) electrons. The second-order valence-electron chi connectivity index (χ2n) is 23.1. The minimum atomic E-state index is -1.64. The van der Waals surface area contributed by atoms with Crippen molar-refractivity contribution in [1.82, 2.24) is 45.2 Å². The second kappa shape index (κ2) is 25.2. The van der Waals surface area contributed by atoms with E-state index in [0.717, 1.165) is 21.7 Å². The Balaban J connectivity index is 0.819. The number of aliphatic hydroxyl groups is 1. The molecule has 3 aliphatic rings. The fourth-order valence-electron chi connectivity index (χ4n) is 11.6. The van der Waals surface area contributed by atoms with E-state index < -0.39 is 64.9 Å². The van der Waals surface area contributed by atoms with Crippen LogP contribution >= 0.6 is 22.9 Å². The summed E-state index contributed by atoms with van der Waals surface area (Å²) < 4.78 is 40.1. The summed E-state index contributed by atoms with van der Waals surface area (Å²) in [5.74, 6) is -2.29. The highest BCUT2D eigenvalue weighted by atomic mass is 35.5. The number of amides is 4. The largest absolute Gasteiger partial charge is 0.508 e. The molecule has 438 valence electrons. The highest BCUT2D eigenvalue weighted by Gasteiger charge is 2.45. The number of aromatic nitrogens is 3. The third-order valence-corrected chi connectivity index (χ3v) is 17.2. The van der Waals surface area contributed by atoms with Crippen LogP contribution in [0.2, 0.25) is 5.02 Å². The molecule has 5 heterocycles. The average Bonchev–Trinajstić information content (AvgIpc) is 2.93. The third kappa shape index (κ3) is 13.5. The minimum absolute atomic E-state index is 0.0199. The molecular formula is C61H70ClF2N11O7S. The average molecular weight is 1170 g/mol. The fourth-order valence-corrected chi connectivity index (χ4v) is 12.7. The molecule has 0 bridgehead atoms. The monoisotopic (exact) mass is 1170 g/mol. The lowest BCUT2D eigenvalue weighted by Gasteiger charge is -2.41. The number of aliphatic hydroxyl groups excluding tert-OH is 1. The van der Waals surface area contributed by atoms with Crippen molar-refractivity contribution in [3.05, 3.63) is 107 Å². The van der Waals surface area contributed by atoms with Crippen LogP contribution in [0.3, 0.4) is 0 Å². The Kier molecular flexibility index (Phi) is 18.3. The second-order valence-corrected chi connectivity index (χ2v) is 24.3. The lowest BCUT2D eigenvalue weighted by molar-refractivity contribution is -0.144. The summed E-state index contributed by atoms with van der Waals surface area (Å²) in [7, 11) is 1.65. The van der Waals surface area contributed by atoms with E-state index in [0.29, 0.717) is 36.0 Å². The van der Waals surface area contributed by atoms with Crippen molar-refractivity contribution in [2.24, 2.45) is 5.41 Å². The minimum Gasteiger partial charge on any atom is -0.508 e. The van der Waals surface area contributed by atoms with Gasteiger partial charge in [-0.2, -0.15) is 15.2 Å². The molecule has 3 aliphatic heterocycles. The number of nitrogens with one attached hydrogen (secondary N) is 2. The topological polar surface area (TPSA) is 221 Å². The number of piperazine rings is 1. The summed E-state index contributed by atoms with van der Waals surface area (Å²) in [6.45, 7) is 14.3. The number of aryl methyl sites for hydroxylation is 1. The lowest BCUT2D eigenvalue weighted by atomic mass is 9.85. The number of benzene rings is 4. The number of hydrogen-bond donors (Lipinski definition) is 4. The van der Waals surface area contributed by atoms with Crippen molar-refractivity contribution < 1.29 is 42.9 Å². The Morgan fingerprint density at radius 1 is 1.02 bits per heavy atom. The number of hydrogen-bond acceptors (Lipinski definition) is 15. The van der Waals surface area contributed by atoms with Gasteiger partial charge in [0.1, 0.15) is 41.4 Å². The number of nitriles is 1. The molecule has 3 fully saturated rings. The van der Waals surface area contributed by atoms with Gasteiger partial charge in [0.2, 0.25) is 23.6 Å². The normalized spacial score (nSPS) is 19.2. The van der Waals surface area contributed by atoms with Gasteiger partial charge in [0, 0.05) is 69.7 Å². The summed E-state index contributed by atoms with van der Waals surface area (Å²) >= 11 is 8.50. The van der Waals surface area contributed by atoms with E-state index in [1.807, 2.05) is 54.0 Å². The van der Waals surface area contributed by atoms with Crippen LogP contribution in [0.15, 0.2) is 84.9 Å². The first-order valence-corrected chi connectivity index (χ1v) is 29.1. The molecule has 4 N–H and O–H groups in total. The van der Waals surface area contributed by atoms with Gasteiger partial charge in [0.05, 0.1) is 58.3 Å². The summed E-state index contributed by atoms with van der Waals surface area (Å²) in [4.78, 5) is 77.9. The highest BCUT2D eigenvalue weighted by molar-refractivity contribution is 7.13. The zero-order chi connectivity index (χ0) is 59.5. The first-order valence-electron chi connectivity index (χ1n) is 27.8. The van der Waals surface area contributed by atoms with Crippen molar-refractivity contribution >= 4 is 74.1 Å². The summed E-state index contributed by atoms with van der Waals surface area (Å²) in [6.07, 6.45) is 0.629. The van der Waals surface area contributed by atoms with E-state index in [4.69, 9.17) is 21.3 Å². The standard InChI is InChI=1S/C61H70ClF2N11O7S/c1-8-50(79)74-24-23-73(31-41(74)17-20-65)56-46-30-47(62)51(45-28-42(76)27-40-11-9-10-12-44(40)45)52(63)53(46)69-59(70-56)82-26-25-72-21-18-61(64,19-22-72)34-71(7)33-49(78)68-55(60(4,5)6)58(81)75-32-43(77)29-48(75)57(80)67-36(2)38-13-15-39(16-14-38)54-37(3)66-35-83-54/h8-16,27-28,30,35-36,41,43,48,55,76-77H,1,17-19,21-26,29,31-34H2,2-7H3,(H,67,80)(H,68,78)/t36-,41-,43+,48-,55+/m0/s1. The van der Waals surface area contributed by atoms with Crippen LogP contribution in [-0.4, -0.2) is 171 Å². The van der Waals surface area contributed by atoms with Crippen LogP contribution in [0.1, 0.15) is 70.7 Å². The van der Waals surface area contributed by atoms with Gasteiger partial charge in [-0.3, -0.25) is 29.0 Å². The van der Waals surface area contributed by atoms with Gasteiger partial charge < -0.3 is 40.3 Å². The van der Waals surface area contributed by atoms with Gasteiger partial charge in [-0.15, -0.1) is 11.3 Å². The number of thiazole rings is 1. The van der Waals surface area contributed by atoms with E-state index in [1.54, 1.807) is 84.8 Å². The number of ether oxygens (including phenoxy) is 1. The van der Waals surface area contributed by atoms with E-state index in [-0.39, 0.29) is 117 Å². The number of likely N-dealkylation sites (N-methyl/N-ethyl adjacent to an activating group) is 1. The maximum Gasteiger partial charge on any atom is 0.319 e. The number of phenolic OH excluding ortho intramolecular Hbond substituents is 1. The molecule has 2 aromatic heterocycles. The fraction of sp³-hybridized carbons (Fsp3) is 0.443. The molecular weight excluding hydrogens is 1100 g/mol. The van der Waals surface area contributed by atoms with Gasteiger partial charge in [-0.05, 0) is 90.9 Å². The van der Waals surface area contributed by atoms with Crippen molar-refractivity contribution in [3.8, 4) is 39.4 Å². The number of fused-ring (bicyclic) bond motifs is 2. The van der Waals surface area contributed by atoms with Gasteiger partial charge in [-0.1, -0.05) is 87.5 Å². The summed E-state index contributed by atoms with van der Waals surface area (Å²) in [5.41, 5.74) is 2.46. The van der Waals surface area contributed by atoms with E-state index in [2.05, 4.69) is 33.2 Å². The number of alkyl halides is 1. The van der Waals surface area contributed by atoms with Gasteiger partial charge >= 0.3 is 6.01 Å². The number of β-amino-alcohol motifs (C(OH)–C–C–N with tert-alkyl or cyclic N) is 1. The number of anilines is 1. The van der Waals surface area contributed by atoms with Crippen LogP contribution in [0.25, 0.3) is 43.2 Å². The van der Waals surface area contributed by atoms with Gasteiger partial charge in [0.15, 0.2) is 5.82 Å². The van der Waals surface area contributed by atoms with Crippen molar-refractivity contribution in [2.75, 3.05) is 77.5 Å². The zero-order valence-corrected chi connectivity index (χ0v) is 49.1. The van der Waals surface area contributed by atoms with Crippen LogP contribution in [0.5, 0.6) is 11.8 Å². The van der Waals surface area contributed by atoms with Crippen molar-refractivity contribution in [3.63, 3.8) is 0 Å². The van der Waals surface area contributed by atoms with Gasteiger partial charge in [-0.25, -0.2) is 13.8 Å². The lowest BCUT2D eigenvalue weighted by Crippen LogP contribution is -2.59. The van der Waals surface area contributed by atoms with E-state index >= 15 is 8.78 Å². The molecule has 0 unspecified atom stereocenters. The van der Waals surface area contributed by atoms with Gasteiger partial charge in [0.25, 0.3) is 0 Å². The molecule has 4 aromatic carbocycles. The maximum absolute atomic E-state index is 17.3. The molecule has 18 nitrogen and oxygen atoms in total. The molecule has 4 amide bonds. The van der Waals surface area contributed by atoms with E-state index in [9.17, 15) is 34.7 Å². The number of phenols is 1. The van der Waals surface area contributed by atoms with Crippen molar-refractivity contribution in [2.45, 2.75) is 96.2 Å². The number of likely N-dealkylation sites (tertiary alicyclic amines) is 2. The third-order valence-electron chi connectivity index (χ3n) is 15.9. The molecule has 0 saturated carbocycles. The Morgan fingerprint density at radius 3 is 2.45 bits per heavy atom. The Hall–Kier alpha value is -7.35. The molecule has 3 saturated heterocycles. The summed E-state index contributed by atoms with van der Waals surface area (Å²) in [5, 5.41) is 38.8. The highest BCUT2D eigenvalue weighted by Crippen LogP contribution is 2.43. The molecule has 22 heteroatoms. The van der Waals surface area contributed by atoms with Crippen LogP contribution in [0, 0.1) is 29.5 Å². The number of carbonyl (C=O) groups excluding carboxylic acids is 4. The van der Waals surface area contributed by atoms with Crippen LogP contribution < -0.4 is 20.3 Å². The van der Waals surface area contributed by atoms with Crippen LogP contribution in [-0.2, 0) is 19.2 Å². The number of aromatic hydroxyl groups is 1. The molecule has 0 spiro atoms. The predicted octanol–water partition coefficient (Wildman–Crippen LogP) is 7.98. The van der Waals surface area contributed by atoms with Crippen LogP contribution in [0.4, 0.5) is 14.6 Å². The molecule has 5 atom stereocenters. The van der Waals surface area contributed by atoms with E-state index in [1.165, 1.54) is 17.0 Å².